The number of amides is 2. The van der Waals surface area contributed by atoms with Gasteiger partial charge in [0.1, 0.15) is 22.9 Å². The molecular weight excluding hydrogens is 428 g/mol. The molecule has 0 aliphatic carbocycles. The summed E-state index contributed by atoms with van der Waals surface area (Å²) in [5, 5.41) is 4.04. The number of H-pyrrole nitrogens is 1. The molecule has 5 aromatic rings. The number of pyridine rings is 1. The number of anilines is 2. The molecule has 0 radical (unpaired) electrons. The fraction of sp³-hybridized carbons (Fsp3) is 0.200. The molecule has 4 aromatic heterocycles. The van der Waals surface area contributed by atoms with E-state index in [-0.39, 0.29) is 11.9 Å². The number of urea groups is 1. The molecule has 34 heavy (non-hydrogen) atoms. The van der Waals surface area contributed by atoms with Gasteiger partial charge in [-0.1, -0.05) is 18.2 Å². The lowest BCUT2D eigenvalue weighted by Gasteiger charge is -2.31. The first kappa shape index (κ1) is 20.2. The van der Waals surface area contributed by atoms with E-state index in [9.17, 15) is 4.79 Å². The number of nitrogen functional groups attached to an aromatic ring is 1. The van der Waals surface area contributed by atoms with E-state index in [4.69, 9.17) is 10.7 Å². The molecule has 0 spiro atoms. The molecule has 170 valence electrons. The highest BCUT2D eigenvalue weighted by atomic mass is 16.2. The number of carbonyl (C=O) groups excluding carboxylic acids is 1. The van der Waals surface area contributed by atoms with Crippen molar-refractivity contribution in [2.24, 2.45) is 0 Å². The van der Waals surface area contributed by atoms with Crippen LogP contribution >= 0.6 is 0 Å². The monoisotopic (exact) mass is 452 g/mol. The SMILES string of the molecule is Nc1nccn2c(C3CCN(C(=O)Nc4cccnc4)CC3)nc(-c3cc4ccccc4[nH]3)c12. The van der Waals surface area contributed by atoms with Crippen molar-refractivity contribution in [2.75, 3.05) is 24.1 Å². The number of likely N-dealkylation sites (tertiary alicyclic amines) is 1. The highest BCUT2D eigenvalue weighted by Gasteiger charge is 2.28. The number of benzene rings is 1. The van der Waals surface area contributed by atoms with Crippen LogP contribution in [0.3, 0.4) is 0 Å². The summed E-state index contributed by atoms with van der Waals surface area (Å²) in [5.41, 5.74) is 10.6. The van der Waals surface area contributed by atoms with Gasteiger partial charge in [0.25, 0.3) is 0 Å². The molecule has 1 aliphatic rings. The Morgan fingerprint density at radius 3 is 2.76 bits per heavy atom. The summed E-state index contributed by atoms with van der Waals surface area (Å²) < 4.78 is 2.05. The van der Waals surface area contributed by atoms with Crippen LogP contribution < -0.4 is 11.1 Å². The molecule has 0 bridgehead atoms. The molecule has 9 nitrogen and oxygen atoms in total. The molecule has 0 unspecified atom stereocenters. The predicted molar refractivity (Wildman–Crippen MR) is 131 cm³/mol. The summed E-state index contributed by atoms with van der Waals surface area (Å²) >= 11 is 0. The van der Waals surface area contributed by atoms with Crippen LogP contribution in [0.25, 0.3) is 27.8 Å². The highest BCUT2D eigenvalue weighted by molar-refractivity contribution is 5.91. The number of hydrogen-bond acceptors (Lipinski definition) is 5. The molecular formula is C25H24N8O. The Morgan fingerprint density at radius 1 is 1.12 bits per heavy atom. The molecule has 2 amide bonds. The van der Waals surface area contributed by atoms with Gasteiger partial charge in [0.15, 0.2) is 0 Å². The molecule has 4 N–H and O–H groups in total. The lowest BCUT2D eigenvalue weighted by atomic mass is 9.96. The number of aromatic amines is 1. The number of piperidine rings is 1. The van der Waals surface area contributed by atoms with Crippen LogP contribution in [0.2, 0.25) is 0 Å². The van der Waals surface area contributed by atoms with Gasteiger partial charge >= 0.3 is 6.03 Å². The standard InChI is InChI=1S/C25H24N8O/c26-23-22-21(20-14-17-4-1-2-6-19(17)30-20)31-24(33(22)13-10-28-23)16-7-11-32(12-8-16)25(34)29-18-5-3-9-27-15-18/h1-6,9-10,13-16,30H,7-8,11-12H2,(H2,26,28)(H,29,34). The van der Waals surface area contributed by atoms with Gasteiger partial charge in [-0.2, -0.15) is 0 Å². The fourth-order valence-electron chi connectivity index (χ4n) is 4.74. The zero-order valence-electron chi connectivity index (χ0n) is 18.5. The maximum atomic E-state index is 12.7. The maximum absolute atomic E-state index is 12.7. The van der Waals surface area contributed by atoms with Crippen LogP contribution in [0.5, 0.6) is 0 Å². The number of hydrogen-bond donors (Lipinski definition) is 3. The van der Waals surface area contributed by atoms with Crippen molar-refractivity contribution >= 4 is 34.0 Å². The lowest BCUT2D eigenvalue weighted by Crippen LogP contribution is -2.40. The Labute approximate surface area is 195 Å². The van der Waals surface area contributed by atoms with Crippen LogP contribution in [0.4, 0.5) is 16.3 Å². The van der Waals surface area contributed by atoms with Crippen molar-refractivity contribution in [3.8, 4) is 11.4 Å². The summed E-state index contributed by atoms with van der Waals surface area (Å²) in [6.07, 6.45) is 8.58. The smallest absolute Gasteiger partial charge is 0.321 e. The van der Waals surface area contributed by atoms with E-state index in [1.807, 2.05) is 35.4 Å². The summed E-state index contributed by atoms with van der Waals surface area (Å²) in [6, 6.07) is 13.8. The van der Waals surface area contributed by atoms with Crippen LogP contribution in [-0.2, 0) is 0 Å². The zero-order valence-corrected chi connectivity index (χ0v) is 18.5. The second-order valence-electron chi connectivity index (χ2n) is 8.55. The molecule has 1 aromatic carbocycles. The van der Waals surface area contributed by atoms with Gasteiger partial charge in [-0.15, -0.1) is 0 Å². The first-order valence-corrected chi connectivity index (χ1v) is 11.3. The molecule has 0 saturated carbocycles. The molecule has 5 heterocycles. The fourth-order valence-corrected chi connectivity index (χ4v) is 4.74. The average molecular weight is 453 g/mol. The Bertz CT molecular complexity index is 1450. The second kappa shape index (κ2) is 8.18. The van der Waals surface area contributed by atoms with Crippen LogP contribution in [0.1, 0.15) is 24.6 Å². The van der Waals surface area contributed by atoms with Crippen LogP contribution in [0, 0.1) is 0 Å². The number of nitrogens with two attached hydrogens (primary N) is 1. The molecule has 9 heteroatoms. The molecule has 1 saturated heterocycles. The van der Waals surface area contributed by atoms with Crippen molar-refractivity contribution in [2.45, 2.75) is 18.8 Å². The Morgan fingerprint density at radius 2 is 1.97 bits per heavy atom. The Balaban J connectivity index is 1.28. The van der Waals surface area contributed by atoms with Gasteiger partial charge in [0.2, 0.25) is 0 Å². The van der Waals surface area contributed by atoms with Gasteiger partial charge in [0, 0.05) is 48.5 Å². The number of rotatable bonds is 3. The summed E-state index contributed by atoms with van der Waals surface area (Å²) in [4.78, 5) is 31.4. The maximum Gasteiger partial charge on any atom is 0.321 e. The van der Waals surface area contributed by atoms with Crippen LogP contribution in [-0.4, -0.2) is 48.4 Å². The average Bonchev–Trinajstić information content (AvgIpc) is 3.47. The van der Waals surface area contributed by atoms with Gasteiger partial charge in [0.05, 0.1) is 17.6 Å². The van der Waals surface area contributed by atoms with E-state index in [1.165, 1.54) is 0 Å². The predicted octanol–water partition coefficient (Wildman–Crippen LogP) is 4.27. The third kappa shape index (κ3) is 3.51. The van der Waals surface area contributed by atoms with E-state index >= 15 is 0 Å². The number of aromatic nitrogens is 5. The van der Waals surface area contributed by atoms with E-state index in [0.717, 1.165) is 46.5 Å². The third-order valence-electron chi connectivity index (χ3n) is 6.46. The minimum Gasteiger partial charge on any atom is -0.382 e. The third-order valence-corrected chi connectivity index (χ3v) is 6.46. The van der Waals surface area contributed by atoms with Gasteiger partial charge in [-0.25, -0.2) is 14.8 Å². The summed E-state index contributed by atoms with van der Waals surface area (Å²) in [7, 11) is 0. The van der Waals surface area contributed by atoms with Gasteiger partial charge < -0.3 is 20.9 Å². The van der Waals surface area contributed by atoms with Crippen molar-refractivity contribution < 1.29 is 4.79 Å². The summed E-state index contributed by atoms with van der Waals surface area (Å²) in [5.74, 6) is 1.60. The van der Waals surface area contributed by atoms with Gasteiger partial charge in [-0.05, 0) is 37.1 Å². The van der Waals surface area contributed by atoms with Crippen molar-refractivity contribution in [1.29, 1.82) is 0 Å². The minimum absolute atomic E-state index is 0.105. The minimum atomic E-state index is -0.105. The second-order valence-corrected chi connectivity index (χ2v) is 8.55. The normalized spacial score (nSPS) is 14.6. The number of carbonyl (C=O) groups is 1. The topological polar surface area (TPSA) is 117 Å². The number of imidazole rings is 1. The molecule has 1 aliphatic heterocycles. The van der Waals surface area contributed by atoms with Crippen molar-refractivity contribution in [1.82, 2.24) is 29.2 Å². The first-order chi connectivity index (χ1) is 16.7. The zero-order chi connectivity index (χ0) is 23.1. The molecule has 1 fully saturated rings. The quantitative estimate of drug-likeness (QED) is 0.378. The van der Waals surface area contributed by atoms with E-state index in [1.54, 1.807) is 24.7 Å². The Kier molecular flexibility index (Phi) is 4.87. The summed E-state index contributed by atoms with van der Waals surface area (Å²) in [6.45, 7) is 1.29. The molecule has 0 atom stereocenters. The Hall–Kier alpha value is -4.40. The van der Waals surface area contributed by atoms with Crippen molar-refractivity contribution in [3.63, 3.8) is 0 Å². The van der Waals surface area contributed by atoms with E-state index < -0.39 is 0 Å². The first-order valence-electron chi connectivity index (χ1n) is 11.3. The lowest BCUT2D eigenvalue weighted by molar-refractivity contribution is 0.193. The highest BCUT2D eigenvalue weighted by Crippen LogP contribution is 2.35. The largest absolute Gasteiger partial charge is 0.382 e. The van der Waals surface area contributed by atoms with E-state index in [2.05, 4.69) is 36.8 Å². The molecule has 6 rings (SSSR count). The number of fused-ring (bicyclic) bond motifs is 2. The van der Waals surface area contributed by atoms with E-state index in [0.29, 0.717) is 24.6 Å². The number of nitrogens with zero attached hydrogens (tertiary/aromatic N) is 5. The van der Waals surface area contributed by atoms with Crippen molar-refractivity contribution in [3.05, 3.63) is 73.1 Å². The number of para-hydroxylation sites is 1. The van der Waals surface area contributed by atoms with Crippen LogP contribution in [0.15, 0.2) is 67.3 Å². The number of nitrogens with one attached hydrogen (secondary N) is 2. The van der Waals surface area contributed by atoms with Gasteiger partial charge in [-0.3, -0.25) is 9.38 Å².